The predicted octanol–water partition coefficient (Wildman–Crippen LogP) is 1.11. The van der Waals surface area contributed by atoms with Gasteiger partial charge in [0.1, 0.15) is 16.4 Å². The second-order valence-electron chi connectivity index (χ2n) is 7.34. The van der Waals surface area contributed by atoms with Gasteiger partial charge in [0.25, 0.3) is 0 Å². The lowest BCUT2D eigenvalue weighted by molar-refractivity contribution is -0.0270. The summed E-state index contributed by atoms with van der Waals surface area (Å²) in [6.07, 6.45) is 1.64. The molecule has 1 aromatic carbocycles. The quantitative estimate of drug-likeness (QED) is 0.682. The van der Waals surface area contributed by atoms with Gasteiger partial charge in [0, 0.05) is 50.9 Å². The van der Waals surface area contributed by atoms with Gasteiger partial charge in [0.05, 0.1) is 27.4 Å². The molecule has 0 radical (unpaired) electrons. The number of methoxy groups -OCH3 is 2. The first-order chi connectivity index (χ1) is 13.5. The van der Waals surface area contributed by atoms with E-state index in [-0.39, 0.29) is 10.3 Å². The van der Waals surface area contributed by atoms with Crippen LogP contribution >= 0.6 is 0 Å². The zero-order chi connectivity index (χ0) is 20.0. The largest absolute Gasteiger partial charge is 0.497 e. The molecule has 2 heterocycles. The highest BCUT2D eigenvalue weighted by molar-refractivity contribution is 7.89. The van der Waals surface area contributed by atoms with E-state index in [9.17, 15) is 8.42 Å². The van der Waals surface area contributed by atoms with E-state index >= 15 is 0 Å². The third-order valence-corrected chi connectivity index (χ3v) is 6.94. The van der Waals surface area contributed by atoms with Gasteiger partial charge in [0.15, 0.2) is 0 Å². The Bertz CT molecular complexity index is 743. The van der Waals surface area contributed by atoms with E-state index in [4.69, 9.17) is 18.9 Å². The van der Waals surface area contributed by atoms with Crippen molar-refractivity contribution in [1.82, 2.24) is 9.62 Å². The van der Waals surface area contributed by atoms with Crippen LogP contribution in [0.2, 0.25) is 0 Å². The fraction of sp³-hybridized carbons (Fsp3) is 0.684. The first-order valence-corrected chi connectivity index (χ1v) is 11.1. The van der Waals surface area contributed by atoms with E-state index in [2.05, 4.69) is 9.62 Å². The third kappa shape index (κ3) is 5.15. The summed E-state index contributed by atoms with van der Waals surface area (Å²) >= 11 is 0. The summed E-state index contributed by atoms with van der Waals surface area (Å²) in [5.74, 6) is 0.762. The SMILES string of the molecule is COc1ccc(OC)c(S(=O)(=O)NCC2(CN3CCOCC3)CCOCC2)c1. The van der Waals surface area contributed by atoms with Gasteiger partial charge in [-0.1, -0.05) is 0 Å². The average Bonchev–Trinajstić information content (AvgIpc) is 2.73. The highest BCUT2D eigenvalue weighted by Crippen LogP contribution is 2.33. The fourth-order valence-corrected chi connectivity index (χ4v) is 5.09. The average molecular weight is 415 g/mol. The van der Waals surface area contributed by atoms with Gasteiger partial charge < -0.3 is 18.9 Å². The van der Waals surface area contributed by atoms with Crippen LogP contribution in [0, 0.1) is 5.41 Å². The molecule has 0 saturated carbocycles. The van der Waals surface area contributed by atoms with E-state index in [0.29, 0.717) is 31.3 Å². The molecular weight excluding hydrogens is 384 g/mol. The molecule has 1 aromatic rings. The molecule has 3 rings (SSSR count). The first kappa shape index (κ1) is 21.3. The maximum Gasteiger partial charge on any atom is 0.244 e. The van der Waals surface area contributed by atoms with Crippen LogP contribution in [0.1, 0.15) is 12.8 Å². The number of morpholine rings is 1. The highest BCUT2D eigenvalue weighted by Gasteiger charge is 2.36. The first-order valence-electron chi connectivity index (χ1n) is 9.58. The molecule has 0 unspecified atom stereocenters. The molecule has 8 nitrogen and oxygen atoms in total. The van der Waals surface area contributed by atoms with Gasteiger partial charge in [-0.2, -0.15) is 0 Å². The van der Waals surface area contributed by atoms with Crippen LogP contribution < -0.4 is 14.2 Å². The van der Waals surface area contributed by atoms with Crippen LogP contribution in [0.5, 0.6) is 11.5 Å². The summed E-state index contributed by atoms with van der Waals surface area (Å²) in [5, 5.41) is 0. The summed E-state index contributed by atoms with van der Waals surface area (Å²) < 4.78 is 50.3. The van der Waals surface area contributed by atoms with Crippen LogP contribution in [0.3, 0.4) is 0 Å². The van der Waals surface area contributed by atoms with Crippen molar-refractivity contribution in [3.63, 3.8) is 0 Å². The monoisotopic (exact) mass is 414 g/mol. The number of nitrogens with zero attached hydrogens (tertiary/aromatic N) is 1. The van der Waals surface area contributed by atoms with Crippen molar-refractivity contribution in [3.05, 3.63) is 18.2 Å². The summed E-state index contributed by atoms with van der Waals surface area (Å²) in [6, 6.07) is 4.77. The predicted molar refractivity (Wildman–Crippen MR) is 104 cm³/mol. The van der Waals surface area contributed by atoms with E-state index in [1.54, 1.807) is 12.1 Å². The topological polar surface area (TPSA) is 86.3 Å². The smallest absolute Gasteiger partial charge is 0.244 e. The Morgan fingerprint density at radius 1 is 1.07 bits per heavy atom. The lowest BCUT2D eigenvalue weighted by Crippen LogP contribution is -2.50. The van der Waals surface area contributed by atoms with Crippen molar-refractivity contribution < 1.29 is 27.4 Å². The molecule has 1 N–H and O–H groups in total. The normalized spacial score (nSPS) is 20.6. The molecule has 0 amide bonds. The fourth-order valence-electron chi connectivity index (χ4n) is 3.75. The van der Waals surface area contributed by atoms with Gasteiger partial charge in [-0.15, -0.1) is 0 Å². The van der Waals surface area contributed by atoms with Crippen molar-refractivity contribution >= 4 is 10.0 Å². The van der Waals surface area contributed by atoms with Crippen molar-refractivity contribution in [2.75, 3.05) is 66.8 Å². The molecular formula is C19H30N2O6S. The Hall–Kier alpha value is -1.39. The second-order valence-corrected chi connectivity index (χ2v) is 9.08. The molecule has 28 heavy (non-hydrogen) atoms. The number of hydrogen-bond donors (Lipinski definition) is 1. The molecule has 0 atom stereocenters. The minimum absolute atomic E-state index is 0.0860. The molecule has 0 aliphatic carbocycles. The van der Waals surface area contributed by atoms with Crippen LogP contribution in [0.4, 0.5) is 0 Å². The molecule has 2 aliphatic rings. The zero-order valence-electron chi connectivity index (χ0n) is 16.6. The van der Waals surface area contributed by atoms with Crippen molar-refractivity contribution in [2.24, 2.45) is 5.41 Å². The van der Waals surface area contributed by atoms with Crippen LogP contribution in [-0.2, 0) is 19.5 Å². The summed E-state index contributed by atoms with van der Waals surface area (Å²) in [7, 11) is -0.790. The Balaban J connectivity index is 1.76. The zero-order valence-corrected chi connectivity index (χ0v) is 17.4. The van der Waals surface area contributed by atoms with Crippen molar-refractivity contribution in [2.45, 2.75) is 17.7 Å². The van der Waals surface area contributed by atoms with Crippen molar-refractivity contribution in [3.8, 4) is 11.5 Å². The standard InChI is InChI=1S/C19H30N2O6S/c1-24-16-3-4-17(25-2)18(13-16)28(22,23)20-14-19(5-9-26-10-6-19)15-21-7-11-27-12-8-21/h3-4,13,20H,5-12,14-15H2,1-2H3. The number of ether oxygens (including phenoxy) is 4. The molecule has 0 bridgehead atoms. The molecule has 0 spiro atoms. The number of nitrogens with one attached hydrogen (secondary N) is 1. The van der Waals surface area contributed by atoms with Gasteiger partial charge in [-0.25, -0.2) is 13.1 Å². The maximum absolute atomic E-state index is 13.0. The number of sulfonamides is 1. The molecule has 2 fully saturated rings. The minimum Gasteiger partial charge on any atom is -0.497 e. The molecule has 9 heteroatoms. The Morgan fingerprint density at radius 2 is 1.75 bits per heavy atom. The summed E-state index contributed by atoms with van der Waals surface area (Å²) in [5.41, 5.74) is -0.158. The number of benzene rings is 1. The van der Waals surface area contributed by atoms with E-state index < -0.39 is 10.0 Å². The van der Waals surface area contributed by atoms with Crippen molar-refractivity contribution in [1.29, 1.82) is 0 Å². The van der Waals surface area contributed by atoms with E-state index in [1.807, 2.05) is 0 Å². The number of hydrogen-bond acceptors (Lipinski definition) is 7. The van der Waals surface area contributed by atoms with Crippen LogP contribution in [-0.4, -0.2) is 80.1 Å². The third-order valence-electron chi connectivity index (χ3n) is 5.51. The molecule has 0 aromatic heterocycles. The lowest BCUT2D eigenvalue weighted by Gasteiger charge is -2.42. The molecule has 2 saturated heterocycles. The van der Waals surface area contributed by atoms with E-state index in [0.717, 1.165) is 45.7 Å². The Kier molecular flexibility index (Phi) is 7.16. The Morgan fingerprint density at radius 3 is 2.39 bits per heavy atom. The minimum atomic E-state index is -3.75. The van der Waals surface area contributed by atoms with Crippen LogP contribution in [0.15, 0.2) is 23.1 Å². The summed E-state index contributed by atoms with van der Waals surface area (Å²) in [4.78, 5) is 2.44. The van der Waals surface area contributed by atoms with Gasteiger partial charge in [0.2, 0.25) is 10.0 Å². The van der Waals surface area contributed by atoms with Crippen LogP contribution in [0.25, 0.3) is 0 Å². The molecule has 2 aliphatic heterocycles. The number of rotatable bonds is 8. The second kappa shape index (κ2) is 9.41. The van der Waals surface area contributed by atoms with Gasteiger partial charge in [-0.3, -0.25) is 4.90 Å². The van der Waals surface area contributed by atoms with Gasteiger partial charge >= 0.3 is 0 Å². The van der Waals surface area contributed by atoms with E-state index in [1.165, 1.54) is 20.3 Å². The maximum atomic E-state index is 13.0. The summed E-state index contributed by atoms with van der Waals surface area (Å²) in [6.45, 7) is 5.67. The Labute approximate surface area is 167 Å². The highest BCUT2D eigenvalue weighted by atomic mass is 32.2. The lowest BCUT2D eigenvalue weighted by atomic mass is 9.79. The molecule has 158 valence electrons. The van der Waals surface area contributed by atoms with Gasteiger partial charge in [-0.05, 0) is 25.0 Å².